The molecule has 0 radical (unpaired) electrons. The molecular formula is C24H41NO6. The van der Waals surface area contributed by atoms with Crippen LogP contribution in [0.3, 0.4) is 0 Å². The molecule has 0 N–H and O–H groups in total. The fourth-order valence-electron chi connectivity index (χ4n) is 4.97. The fraction of sp³-hybridized carbons (Fsp3) is 0.917. The summed E-state index contributed by atoms with van der Waals surface area (Å²) in [6.07, 6.45) is 9.97. The van der Waals surface area contributed by atoms with Crippen LogP contribution in [0.4, 0.5) is 0 Å². The van der Waals surface area contributed by atoms with Crippen molar-refractivity contribution in [3.63, 3.8) is 0 Å². The topological polar surface area (TPSA) is 74.3 Å². The molecule has 0 spiro atoms. The lowest BCUT2D eigenvalue weighted by Crippen LogP contribution is -2.62. The third-order valence-electron chi connectivity index (χ3n) is 6.59. The van der Waals surface area contributed by atoms with Crippen LogP contribution >= 0.6 is 0 Å². The Bertz CT molecular complexity index is 598. The highest BCUT2D eigenvalue weighted by molar-refractivity contribution is 5.78. The summed E-state index contributed by atoms with van der Waals surface area (Å²) in [4.78, 5) is 27.6. The van der Waals surface area contributed by atoms with Crippen LogP contribution < -0.4 is 0 Å². The van der Waals surface area contributed by atoms with Crippen LogP contribution in [0, 0.1) is 5.92 Å². The van der Waals surface area contributed by atoms with Gasteiger partial charge >= 0.3 is 17.8 Å². The Labute approximate surface area is 187 Å². The van der Waals surface area contributed by atoms with Crippen LogP contribution in [0.15, 0.2) is 0 Å². The largest absolute Gasteiger partial charge is 0.469 e. The Morgan fingerprint density at radius 2 is 1.32 bits per heavy atom. The SMILES string of the molecule is COC(=O)C1CCC(OC(OC2CCCCC2)(C(=O)OC(C)(C)C)N2CCCC2)CC1. The zero-order valence-electron chi connectivity index (χ0n) is 19.8. The minimum absolute atomic E-state index is 0.00623. The Hall–Kier alpha value is -1.18. The minimum atomic E-state index is -1.51. The number of methoxy groups -OCH3 is 1. The number of hydrogen-bond donors (Lipinski definition) is 0. The normalized spacial score (nSPS) is 28.1. The summed E-state index contributed by atoms with van der Waals surface area (Å²) < 4.78 is 24.0. The molecule has 7 nitrogen and oxygen atoms in total. The summed E-state index contributed by atoms with van der Waals surface area (Å²) in [6.45, 7) is 7.14. The van der Waals surface area contributed by atoms with Crippen LogP contribution in [0.1, 0.15) is 91.4 Å². The summed E-state index contributed by atoms with van der Waals surface area (Å²) in [7, 11) is 1.43. The molecular weight excluding hydrogens is 398 g/mol. The van der Waals surface area contributed by atoms with Gasteiger partial charge in [0.15, 0.2) is 0 Å². The van der Waals surface area contributed by atoms with Gasteiger partial charge in [-0.2, -0.15) is 0 Å². The van der Waals surface area contributed by atoms with Gasteiger partial charge in [-0.25, -0.2) is 9.69 Å². The average molecular weight is 440 g/mol. The molecule has 2 aliphatic carbocycles. The predicted molar refractivity (Wildman–Crippen MR) is 116 cm³/mol. The van der Waals surface area contributed by atoms with Crippen LogP contribution in [0.5, 0.6) is 0 Å². The third-order valence-corrected chi connectivity index (χ3v) is 6.59. The molecule has 3 fully saturated rings. The Morgan fingerprint density at radius 1 is 0.774 bits per heavy atom. The number of carbonyl (C=O) groups is 2. The quantitative estimate of drug-likeness (QED) is 0.435. The van der Waals surface area contributed by atoms with Gasteiger partial charge in [0.2, 0.25) is 0 Å². The van der Waals surface area contributed by atoms with Crippen molar-refractivity contribution in [1.29, 1.82) is 0 Å². The summed E-state index contributed by atoms with van der Waals surface area (Å²) in [5.41, 5.74) is -0.635. The lowest BCUT2D eigenvalue weighted by molar-refractivity contribution is -0.342. The van der Waals surface area contributed by atoms with Gasteiger partial charge in [-0.1, -0.05) is 19.3 Å². The molecule has 1 heterocycles. The number of rotatable bonds is 7. The molecule has 0 aromatic heterocycles. The van der Waals surface area contributed by atoms with E-state index < -0.39 is 17.5 Å². The highest BCUT2D eigenvalue weighted by Gasteiger charge is 2.54. The number of esters is 2. The van der Waals surface area contributed by atoms with E-state index in [0.717, 1.165) is 51.6 Å². The molecule has 3 rings (SSSR count). The van der Waals surface area contributed by atoms with Crippen LogP contribution in [0.2, 0.25) is 0 Å². The van der Waals surface area contributed by atoms with Crippen molar-refractivity contribution in [2.75, 3.05) is 20.2 Å². The first-order chi connectivity index (χ1) is 14.7. The van der Waals surface area contributed by atoms with Gasteiger partial charge in [0, 0.05) is 13.1 Å². The fourth-order valence-corrected chi connectivity index (χ4v) is 4.97. The highest BCUT2D eigenvalue weighted by atomic mass is 16.8. The van der Waals surface area contributed by atoms with Crippen molar-refractivity contribution in [3.8, 4) is 0 Å². The van der Waals surface area contributed by atoms with Crippen molar-refractivity contribution in [3.05, 3.63) is 0 Å². The first-order valence-electron chi connectivity index (χ1n) is 12.2. The lowest BCUT2D eigenvalue weighted by Gasteiger charge is -2.45. The standard InChI is InChI=1S/C24H41NO6/c1-23(2,3)31-22(27)24(25-16-8-9-17-25,29-19-10-6-5-7-11-19)30-20-14-12-18(13-15-20)21(26)28-4/h18-20H,5-17H2,1-4H3. The molecule has 7 heteroatoms. The molecule has 1 aliphatic heterocycles. The first kappa shape index (κ1) is 24.5. The molecule has 3 aliphatic rings. The van der Waals surface area contributed by atoms with Crippen molar-refractivity contribution in [2.24, 2.45) is 5.92 Å². The molecule has 2 saturated carbocycles. The maximum absolute atomic E-state index is 13.6. The maximum atomic E-state index is 13.6. The Morgan fingerprint density at radius 3 is 1.84 bits per heavy atom. The van der Waals surface area contributed by atoms with E-state index in [1.807, 2.05) is 25.7 Å². The Balaban J connectivity index is 1.82. The van der Waals surface area contributed by atoms with Crippen molar-refractivity contribution < 1.29 is 28.5 Å². The minimum Gasteiger partial charge on any atom is -0.469 e. The number of ether oxygens (including phenoxy) is 4. The van der Waals surface area contributed by atoms with Gasteiger partial charge in [0.1, 0.15) is 5.60 Å². The van der Waals surface area contributed by atoms with Crippen molar-refractivity contribution >= 4 is 11.9 Å². The van der Waals surface area contributed by atoms with E-state index in [0.29, 0.717) is 25.7 Å². The van der Waals surface area contributed by atoms with Gasteiger partial charge in [-0.05, 0) is 72.1 Å². The van der Waals surface area contributed by atoms with E-state index in [1.54, 1.807) is 0 Å². The summed E-state index contributed by atoms with van der Waals surface area (Å²) in [6, 6.07) is 0. The second kappa shape index (κ2) is 10.6. The van der Waals surface area contributed by atoms with E-state index in [1.165, 1.54) is 13.5 Å². The van der Waals surface area contributed by atoms with Gasteiger partial charge in [0.25, 0.3) is 0 Å². The van der Waals surface area contributed by atoms with Crippen molar-refractivity contribution in [1.82, 2.24) is 4.90 Å². The van der Waals surface area contributed by atoms with Crippen molar-refractivity contribution in [2.45, 2.75) is 115 Å². The van der Waals surface area contributed by atoms with E-state index in [2.05, 4.69) is 0 Å². The monoisotopic (exact) mass is 439 g/mol. The van der Waals surface area contributed by atoms with Gasteiger partial charge in [-0.15, -0.1) is 0 Å². The van der Waals surface area contributed by atoms with E-state index >= 15 is 0 Å². The second-order valence-corrected chi connectivity index (χ2v) is 10.3. The number of hydrogen-bond acceptors (Lipinski definition) is 7. The zero-order chi connectivity index (χ0) is 22.5. The van der Waals surface area contributed by atoms with E-state index in [9.17, 15) is 9.59 Å². The molecule has 0 bridgehead atoms. The molecule has 1 unspecified atom stereocenters. The van der Waals surface area contributed by atoms with Gasteiger partial charge in [0.05, 0.1) is 25.2 Å². The van der Waals surface area contributed by atoms with Gasteiger partial charge in [-0.3, -0.25) is 4.79 Å². The van der Waals surface area contributed by atoms with Crippen LogP contribution in [-0.4, -0.2) is 60.8 Å². The van der Waals surface area contributed by atoms with Crippen LogP contribution in [0.25, 0.3) is 0 Å². The second-order valence-electron chi connectivity index (χ2n) is 10.3. The number of nitrogens with zero attached hydrogens (tertiary/aromatic N) is 1. The molecule has 0 aromatic carbocycles. The molecule has 1 saturated heterocycles. The third kappa shape index (κ3) is 6.42. The molecule has 31 heavy (non-hydrogen) atoms. The van der Waals surface area contributed by atoms with E-state index in [-0.39, 0.29) is 24.1 Å². The maximum Gasteiger partial charge on any atom is 0.384 e. The zero-order valence-corrected chi connectivity index (χ0v) is 19.8. The summed E-state index contributed by atoms with van der Waals surface area (Å²) in [5, 5.41) is 0. The molecule has 178 valence electrons. The number of carbonyl (C=O) groups excluding carboxylic acids is 2. The van der Waals surface area contributed by atoms with Gasteiger partial charge < -0.3 is 18.9 Å². The molecule has 1 atom stereocenters. The Kier molecular flexibility index (Phi) is 8.38. The average Bonchev–Trinajstić information content (AvgIpc) is 3.28. The summed E-state index contributed by atoms with van der Waals surface area (Å²) in [5.74, 6) is -2.20. The number of likely N-dealkylation sites (tertiary alicyclic amines) is 1. The summed E-state index contributed by atoms with van der Waals surface area (Å²) >= 11 is 0. The molecule has 0 amide bonds. The predicted octanol–water partition coefficient (Wildman–Crippen LogP) is 4.18. The lowest BCUT2D eigenvalue weighted by atomic mass is 9.87. The molecule has 0 aromatic rings. The van der Waals surface area contributed by atoms with Crippen LogP contribution in [-0.2, 0) is 28.5 Å². The van der Waals surface area contributed by atoms with E-state index in [4.69, 9.17) is 18.9 Å². The highest BCUT2D eigenvalue weighted by Crippen LogP contribution is 2.37. The first-order valence-corrected chi connectivity index (χ1v) is 12.2. The smallest absolute Gasteiger partial charge is 0.384 e.